The van der Waals surface area contributed by atoms with Crippen molar-refractivity contribution in [3.05, 3.63) is 88.7 Å². The van der Waals surface area contributed by atoms with Crippen LogP contribution in [0.25, 0.3) is 22.0 Å². The summed E-state index contributed by atoms with van der Waals surface area (Å²) in [6.07, 6.45) is 3.35. The van der Waals surface area contributed by atoms with E-state index in [1.54, 1.807) is 39.4 Å². The van der Waals surface area contributed by atoms with Crippen molar-refractivity contribution in [2.75, 3.05) is 12.4 Å². The first-order valence-electron chi connectivity index (χ1n) is 11.0. The molecule has 35 heavy (non-hydrogen) atoms. The Morgan fingerprint density at radius 1 is 1.03 bits per heavy atom. The summed E-state index contributed by atoms with van der Waals surface area (Å²) in [7, 11) is -1.89. The first-order chi connectivity index (χ1) is 16.7. The molecule has 0 amide bonds. The molecule has 0 aliphatic heterocycles. The summed E-state index contributed by atoms with van der Waals surface area (Å²) in [5.41, 5.74) is 1.91. The molecule has 2 aromatic heterocycles. The first kappa shape index (κ1) is 25.9. The molecule has 0 aliphatic rings. The Morgan fingerprint density at radius 3 is 2.34 bits per heavy atom. The number of carbonyl (C=O) groups is 1. The van der Waals surface area contributed by atoms with Crippen LogP contribution in [0, 0.1) is 5.82 Å². The fourth-order valence-corrected chi connectivity index (χ4v) is 4.59. The third-order valence-corrected chi connectivity index (χ3v) is 7.23. The summed E-state index contributed by atoms with van der Waals surface area (Å²) >= 11 is 0. The van der Waals surface area contributed by atoms with Gasteiger partial charge in [-0.25, -0.2) is 12.8 Å². The molecule has 184 valence electrons. The van der Waals surface area contributed by atoms with Crippen molar-refractivity contribution in [1.82, 2.24) is 9.13 Å². The van der Waals surface area contributed by atoms with Crippen molar-refractivity contribution in [3.8, 4) is 11.1 Å². The van der Waals surface area contributed by atoms with Crippen LogP contribution in [0.5, 0.6) is 0 Å². The van der Waals surface area contributed by atoms with E-state index in [9.17, 15) is 22.4 Å². The highest BCUT2D eigenvalue weighted by Crippen LogP contribution is 2.31. The third kappa shape index (κ3) is 5.68. The van der Waals surface area contributed by atoms with Crippen LogP contribution in [0.3, 0.4) is 0 Å². The van der Waals surface area contributed by atoms with Crippen LogP contribution in [-0.4, -0.2) is 36.4 Å². The van der Waals surface area contributed by atoms with Crippen LogP contribution >= 0.6 is 0 Å². The van der Waals surface area contributed by atoms with E-state index in [-0.39, 0.29) is 21.8 Å². The molecule has 2 aromatic carbocycles. The summed E-state index contributed by atoms with van der Waals surface area (Å²) in [4.78, 5) is 22.1. The molecule has 2 heterocycles. The van der Waals surface area contributed by atoms with Gasteiger partial charge in [0, 0.05) is 42.5 Å². The Bertz CT molecular complexity index is 1490. The smallest absolute Gasteiger partial charge is 0.293 e. The van der Waals surface area contributed by atoms with E-state index in [0.29, 0.717) is 36.1 Å². The van der Waals surface area contributed by atoms with Gasteiger partial charge in [-0.2, -0.15) is 0 Å². The Balaban J connectivity index is 0.000000623. The maximum absolute atomic E-state index is 14.8. The van der Waals surface area contributed by atoms with E-state index in [1.807, 2.05) is 34.9 Å². The van der Waals surface area contributed by atoms with Gasteiger partial charge in [-0.05, 0) is 36.8 Å². The molecule has 0 aliphatic carbocycles. The third-order valence-electron chi connectivity index (χ3n) is 5.50. The van der Waals surface area contributed by atoms with Gasteiger partial charge in [0.2, 0.25) is 0 Å². The minimum atomic E-state index is -3.49. The van der Waals surface area contributed by atoms with Gasteiger partial charge in [-0.3, -0.25) is 9.59 Å². The van der Waals surface area contributed by atoms with Crippen molar-refractivity contribution in [1.29, 1.82) is 0 Å². The molecule has 4 aromatic rings. The van der Waals surface area contributed by atoms with E-state index in [0.717, 1.165) is 11.6 Å². The number of sulfone groups is 1. The second kappa shape index (κ2) is 11.1. The summed E-state index contributed by atoms with van der Waals surface area (Å²) in [5.74, 6) is -0.616. The highest BCUT2D eigenvalue weighted by Gasteiger charge is 2.19. The number of ether oxygens (including phenoxy) is 1. The van der Waals surface area contributed by atoms with E-state index in [1.165, 1.54) is 16.7 Å². The number of rotatable bonds is 7. The second-order valence-corrected chi connectivity index (χ2v) is 10.0. The van der Waals surface area contributed by atoms with Gasteiger partial charge in [-0.15, -0.1) is 0 Å². The molecule has 4 rings (SSSR count). The molecule has 0 fully saturated rings. The predicted molar refractivity (Wildman–Crippen MR) is 134 cm³/mol. The van der Waals surface area contributed by atoms with E-state index in [2.05, 4.69) is 4.74 Å². The van der Waals surface area contributed by atoms with Crippen LogP contribution < -0.4 is 5.56 Å². The van der Waals surface area contributed by atoms with Crippen molar-refractivity contribution in [2.45, 2.75) is 25.3 Å². The lowest BCUT2D eigenvalue weighted by molar-refractivity contribution is -0.128. The Morgan fingerprint density at radius 2 is 1.74 bits per heavy atom. The average Bonchev–Trinajstić information content (AvgIpc) is 3.27. The number of aromatic nitrogens is 2. The molecular weight excluding hydrogens is 471 g/mol. The van der Waals surface area contributed by atoms with Gasteiger partial charge < -0.3 is 13.9 Å². The van der Waals surface area contributed by atoms with Crippen LogP contribution in [0.2, 0.25) is 0 Å². The maximum atomic E-state index is 14.8. The second-order valence-electron chi connectivity index (χ2n) is 7.75. The van der Waals surface area contributed by atoms with E-state index >= 15 is 0 Å². The van der Waals surface area contributed by atoms with Gasteiger partial charge in [0.25, 0.3) is 12.0 Å². The Kier molecular flexibility index (Phi) is 8.24. The van der Waals surface area contributed by atoms with Gasteiger partial charge >= 0.3 is 0 Å². The maximum Gasteiger partial charge on any atom is 0.293 e. The molecule has 9 heteroatoms. The lowest BCUT2D eigenvalue weighted by Crippen LogP contribution is -2.19. The minimum absolute atomic E-state index is 0.0621. The number of nitrogens with zero attached hydrogens (tertiary/aromatic N) is 2. The average molecular weight is 499 g/mol. The molecular formula is C26H27FN2O5S. The number of fused-ring (bicyclic) bond motifs is 1. The van der Waals surface area contributed by atoms with Crippen molar-refractivity contribution >= 4 is 27.2 Å². The number of benzene rings is 2. The number of hydrogen-bond donors (Lipinski definition) is 0. The normalized spacial score (nSPS) is 11.1. The topological polar surface area (TPSA) is 87.4 Å². The lowest BCUT2D eigenvalue weighted by Gasteiger charge is -2.12. The Hall–Kier alpha value is -3.72. The number of halogens is 1. The molecule has 0 saturated heterocycles. The van der Waals surface area contributed by atoms with E-state index in [4.69, 9.17) is 0 Å². The largest absolute Gasteiger partial charge is 0.468 e. The molecule has 0 bridgehead atoms. The number of hydrogen-bond acceptors (Lipinski definition) is 5. The highest BCUT2D eigenvalue weighted by atomic mass is 32.2. The molecule has 0 radical (unpaired) electrons. The molecule has 7 nitrogen and oxygen atoms in total. The van der Waals surface area contributed by atoms with Crippen LogP contribution in [0.4, 0.5) is 4.39 Å². The predicted octanol–water partition coefficient (Wildman–Crippen LogP) is 4.17. The fraction of sp³-hybridized carbons (Fsp3) is 0.231. The van der Waals surface area contributed by atoms with Crippen molar-refractivity contribution < 1.29 is 22.3 Å². The summed E-state index contributed by atoms with van der Waals surface area (Å²) in [6, 6.07) is 15.3. The number of carbonyl (C=O) groups excluding carboxylic acids is 1. The summed E-state index contributed by atoms with van der Waals surface area (Å²) in [5, 5.41) is 0.582. The molecule has 0 saturated carbocycles. The molecule has 0 unspecified atom stereocenters. The molecule has 0 atom stereocenters. The first-order valence-corrected chi connectivity index (χ1v) is 12.7. The van der Waals surface area contributed by atoms with Crippen LogP contribution in [0.1, 0.15) is 19.4 Å². The molecule has 0 N–H and O–H groups in total. The Labute approximate surface area is 203 Å². The zero-order valence-electron chi connectivity index (χ0n) is 19.8. The summed E-state index contributed by atoms with van der Waals surface area (Å²) < 4.78 is 46.8. The lowest BCUT2D eigenvalue weighted by atomic mass is 10.0. The monoisotopic (exact) mass is 498 g/mol. The standard InChI is InChI=1S/C23H21FN2O3S.C3H6O2/c1-3-30(28,29)17-9-10-21(24)19(13-17)20-15-25(2)23(27)22-18(20)11-12-26(22)14-16-7-5-4-6-8-16;1-2-5-3-4/h4-13,15H,3,14H2,1-2H3;3H,2H2,1H3. The van der Waals surface area contributed by atoms with E-state index < -0.39 is 15.7 Å². The zero-order valence-corrected chi connectivity index (χ0v) is 20.6. The number of aryl methyl sites for hydroxylation is 1. The number of pyridine rings is 1. The quantitative estimate of drug-likeness (QED) is 0.282. The van der Waals surface area contributed by atoms with Gasteiger partial charge in [0.15, 0.2) is 9.84 Å². The van der Waals surface area contributed by atoms with Gasteiger partial charge in [0.1, 0.15) is 11.3 Å². The van der Waals surface area contributed by atoms with Gasteiger partial charge in [-0.1, -0.05) is 37.3 Å². The highest BCUT2D eigenvalue weighted by molar-refractivity contribution is 7.91. The van der Waals surface area contributed by atoms with Crippen molar-refractivity contribution in [2.24, 2.45) is 7.05 Å². The van der Waals surface area contributed by atoms with Crippen LogP contribution in [0.15, 0.2) is 76.7 Å². The zero-order chi connectivity index (χ0) is 25.6. The van der Waals surface area contributed by atoms with Crippen molar-refractivity contribution in [3.63, 3.8) is 0 Å². The fourth-order valence-electron chi connectivity index (χ4n) is 3.68. The SMILES string of the molecule is CCOC=O.CCS(=O)(=O)c1ccc(F)c(-c2cn(C)c(=O)c3c2ccn3Cc2ccccc2)c1. The van der Waals surface area contributed by atoms with Gasteiger partial charge in [0.05, 0.1) is 17.3 Å². The minimum Gasteiger partial charge on any atom is -0.468 e. The van der Waals surface area contributed by atoms with Crippen LogP contribution in [-0.2, 0) is 33.0 Å². The molecule has 0 spiro atoms. The summed E-state index contributed by atoms with van der Waals surface area (Å²) in [6.45, 7) is 4.71.